The van der Waals surface area contributed by atoms with Gasteiger partial charge in [0.1, 0.15) is 0 Å². The standard InChI is InChI=1S/C33H42N4O2/c1-6-23-19-25-26(20-28(23)36-12-10-33(7-2,11-13-36)37-14-16-39-17-15-37)32(3,4)31-29(30(25)38)24-9-8-22(21-34-5)18-27(24)35-31/h8-9,18-21,35H,6-7,10-17H2,1-5H3. The summed E-state index contributed by atoms with van der Waals surface area (Å²) in [6.45, 7) is 15.0. The average molecular weight is 527 g/mol. The van der Waals surface area contributed by atoms with Gasteiger partial charge in [-0.1, -0.05) is 39.8 Å². The fourth-order valence-electron chi connectivity index (χ4n) is 7.43. The normalized spacial score (nSPS) is 20.9. The lowest BCUT2D eigenvalue weighted by Gasteiger charge is -2.50. The van der Waals surface area contributed by atoms with Crippen LogP contribution in [0.1, 0.15) is 85.3 Å². The third-order valence-corrected chi connectivity index (χ3v) is 9.85. The van der Waals surface area contributed by atoms with Crippen molar-refractivity contribution >= 4 is 28.6 Å². The lowest BCUT2D eigenvalue weighted by molar-refractivity contribution is -0.0340. The second-order valence-electron chi connectivity index (χ2n) is 12.1. The molecule has 1 aliphatic carbocycles. The Hall–Kier alpha value is -2.96. The predicted octanol–water partition coefficient (Wildman–Crippen LogP) is 5.73. The van der Waals surface area contributed by atoms with E-state index in [4.69, 9.17) is 4.74 Å². The summed E-state index contributed by atoms with van der Waals surface area (Å²) < 4.78 is 5.65. The monoisotopic (exact) mass is 526 g/mol. The molecule has 2 saturated heterocycles. The summed E-state index contributed by atoms with van der Waals surface area (Å²) in [6, 6.07) is 10.8. The molecule has 2 aliphatic heterocycles. The minimum absolute atomic E-state index is 0.139. The number of carbonyl (C=O) groups excluding carboxylic acids is 1. The van der Waals surface area contributed by atoms with E-state index >= 15 is 0 Å². The number of fused-ring (bicyclic) bond motifs is 4. The number of benzene rings is 2. The third kappa shape index (κ3) is 4.15. The topological polar surface area (TPSA) is 60.9 Å². The van der Waals surface area contributed by atoms with Crippen LogP contribution in [0.2, 0.25) is 0 Å². The first-order valence-corrected chi connectivity index (χ1v) is 14.7. The number of hydrogen-bond donors (Lipinski definition) is 1. The lowest BCUT2D eigenvalue weighted by Crippen LogP contribution is -2.58. The molecule has 2 aromatic carbocycles. The quantitative estimate of drug-likeness (QED) is 0.432. The summed E-state index contributed by atoms with van der Waals surface area (Å²) >= 11 is 0. The molecule has 206 valence electrons. The Morgan fingerprint density at radius 2 is 1.79 bits per heavy atom. The predicted molar refractivity (Wildman–Crippen MR) is 160 cm³/mol. The van der Waals surface area contributed by atoms with Gasteiger partial charge in [-0.05, 0) is 60.6 Å². The Morgan fingerprint density at radius 1 is 1.05 bits per heavy atom. The molecule has 0 amide bonds. The Morgan fingerprint density at radius 3 is 2.46 bits per heavy atom. The van der Waals surface area contributed by atoms with Gasteiger partial charge in [0.2, 0.25) is 0 Å². The number of carbonyl (C=O) groups is 1. The largest absolute Gasteiger partial charge is 0.379 e. The minimum Gasteiger partial charge on any atom is -0.379 e. The number of aromatic nitrogens is 1. The zero-order valence-electron chi connectivity index (χ0n) is 24.2. The first-order chi connectivity index (χ1) is 18.8. The summed E-state index contributed by atoms with van der Waals surface area (Å²) in [4.78, 5) is 27.2. The van der Waals surface area contributed by atoms with Crippen molar-refractivity contribution in [1.29, 1.82) is 0 Å². The number of aliphatic imine (C=N–C) groups is 1. The molecule has 6 rings (SSSR count). The van der Waals surface area contributed by atoms with Crippen LogP contribution in [0.25, 0.3) is 10.9 Å². The van der Waals surface area contributed by atoms with Crippen molar-refractivity contribution in [2.24, 2.45) is 4.99 Å². The Bertz CT molecular complexity index is 1440. The van der Waals surface area contributed by atoms with Crippen molar-refractivity contribution in [3.8, 4) is 0 Å². The Kier molecular flexibility index (Phi) is 6.67. The van der Waals surface area contributed by atoms with Crippen molar-refractivity contribution in [1.82, 2.24) is 9.88 Å². The van der Waals surface area contributed by atoms with Gasteiger partial charge in [0, 0.05) is 78.2 Å². The van der Waals surface area contributed by atoms with Crippen molar-refractivity contribution in [3.05, 3.63) is 63.8 Å². The highest BCUT2D eigenvalue weighted by Crippen LogP contribution is 2.46. The molecule has 6 heteroatoms. The van der Waals surface area contributed by atoms with E-state index in [1.807, 2.05) is 12.3 Å². The zero-order chi connectivity index (χ0) is 27.4. The van der Waals surface area contributed by atoms with Crippen molar-refractivity contribution in [2.75, 3.05) is 51.3 Å². The maximum Gasteiger partial charge on any atom is 0.195 e. The van der Waals surface area contributed by atoms with Crippen LogP contribution in [0.3, 0.4) is 0 Å². The molecule has 3 aromatic rings. The van der Waals surface area contributed by atoms with Gasteiger partial charge in [-0.25, -0.2) is 0 Å². The molecule has 1 aromatic heterocycles. The third-order valence-electron chi connectivity index (χ3n) is 9.85. The molecule has 0 bridgehead atoms. The van der Waals surface area contributed by atoms with Gasteiger partial charge >= 0.3 is 0 Å². The van der Waals surface area contributed by atoms with Crippen LogP contribution in [0.5, 0.6) is 0 Å². The van der Waals surface area contributed by atoms with Crippen LogP contribution >= 0.6 is 0 Å². The van der Waals surface area contributed by atoms with E-state index in [2.05, 4.69) is 71.7 Å². The van der Waals surface area contributed by atoms with E-state index in [-0.39, 0.29) is 16.7 Å². The SMILES string of the molecule is CCc1cc2c(cc1N1CCC(CC)(N3CCOCC3)CC1)C(C)(C)c1[nH]c3cc(C=NC)ccc3c1C2=O. The zero-order valence-corrected chi connectivity index (χ0v) is 24.2. The van der Waals surface area contributed by atoms with Gasteiger partial charge < -0.3 is 14.6 Å². The molecule has 6 nitrogen and oxygen atoms in total. The summed E-state index contributed by atoms with van der Waals surface area (Å²) in [5, 5.41) is 0.999. The number of ether oxygens (including phenoxy) is 1. The molecule has 3 aliphatic rings. The summed E-state index contributed by atoms with van der Waals surface area (Å²) in [5.74, 6) is 0.139. The van der Waals surface area contributed by atoms with Crippen LogP contribution in [-0.2, 0) is 16.6 Å². The van der Waals surface area contributed by atoms with E-state index in [0.717, 1.165) is 84.7 Å². The van der Waals surface area contributed by atoms with Crippen LogP contribution in [0.15, 0.2) is 35.3 Å². The molecule has 0 radical (unpaired) electrons. The van der Waals surface area contributed by atoms with Gasteiger partial charge in [-0.15, -0.1) is 0 Å². The van der Waals surface area contributed by atoms with Crippen molar-refractivity contribution in [2.45, 2.75) is 64.3 Å². The molecule has 39 heavy (non-hydrogen) atoms. The van der Waals surface area contributed by atoms with Crippen molar-refractivity contribution in [3.63, 3.8) is 0 Å². The van der Waals surface area contributed by atoms with Crippen LogP contribution in [0, 0.1) is 0 Å². The van der Waals surface area contributed by atoms with E-state index < -0.39 is 0 Å². The number of aromatic amines is 1. The summed E-state index contributed by atoms with van der Waals surface area (Å²) in [5.41, 5.74) is 8.43. The Labute approximate surface area is 232 Å². The number of ketones is 1. The Balaban J connectivity index is 1.37. The second kappa shape index (κ2) is 9.90. The number of aryl methyl sites for hydroxylation is 1. The minimum atomic E-state index is -0.311. The number of rotatable bonds is 5. The molecular weight excluding hydrogens is 484 g/mol. The molecule has 0 atom stereocenters. The average Bonchev–Trinajstić information content (AvgIpc) is 3.36. The first-order valence-electron chi connectivity index (χ1n) is 14.7. The summed E-state index contributed by atoms with van der Waals surface area (Å²) in [6.07, 6.45) is 6.28. The number of anilines is 1. The highest BCUT2D eigenvalue weighted by molar-refractivity contribution is 6.20. The van der Waals surface area contributed by atoms with E-state index in [9.17, 15) is 4.79 Å². The fraction of sp³-hybridized carbons (Fsp3) is 0.515. The van der Waals surface area contributed by atoms with Gasteiger partial charge in [0.25, 0.3) is 0 Å². The molecule has 2 fully saturated rings. The highest BCUT2D eigenvalue weighted by atomic mass is 16.5. The fourth-order valence-corrected chi connectivity index (χ4v) is 7.43. The lowest BCUT2D eigenvalue weighted by atomic mass is 9.70. The summed E-state index contributed by atoms with van der Waals surface area (Å²) in [7, 11) is 1.78. The molecule has 3 heterocycles. The number of H-pyrrole nitrogens is 1. The van der Waals surface area contributed by atoms with Crippen LogP contribution in [0.4, 0.5) is 5.69 Å². The molecule has 0 spiro atoms. The molecule has 0 unspecified atom stereocenters. The maximum absolute atomic E-state index is 14.1. The number of morpholine rings is 1. The van der Waals surface area contributed by atoms with Crippen LogP contribution in [-0.4, -0.2) is 73.9 Å². The van der Waals surface area contributed by atoms with E-state index in [1.165, 1.54) is 30.5 Å². The first kappa shape index (κ1) is 26.3. The number of hydrogen-bond acceptors (Lipinski definition) is 5. The van der Waals surface area contributed by atoms with Gasteiger partial charge in [0.15, 0.2) is 5.78 Å². The van der Waals surface area contributed by atoms with E-state index in [0.29, 0.717) is 0 Å². The van der Waals surface area contributed by atoms with Crippen LogP contribution < -0.4 is 4.90 Å². The van der Waals surface area contributed by atoms with Gasteiger partial charge in [0.05, 0.1) is 18.8 Å². The smallest absolute Gasteiger partial charge is 0.195 e. The van der Waals surface area contributed by atoms with Gasteiger partial charge in [-0.2, -0.15) is 0 Å². The number of nitrogens with zero attached hydrogens (tertiary/aromatic N) is 3. The molecule has 0 saturated carbocycles. The molecular formula is C33H42N4O2. The highest BCUT2D eigenvalue weighted by Gasteiger charge is 2.42. The number of nitrogens with one attached hydrogen (secondary N) is 1. The second-order valence-corrected chi connectivity index (χ2v) is 12.1. The molecule has 1 N–H and O–H groups in total. The number of piperidine rings is 1. The maximum atomic E-state index is 14.1. The van der Waals surface area contributed by atoms with E-state index in [1.54, 1.807) is 7.05 Å². The van der Waals surface area contributed by atoms with Crippen molar-refractivity contribution < 1.29 is 9.53 Å². The van der Waals surface area contributed by atoms with Gasteiger partial charge in [-0.3, -0.25) is 14.7 Å².